The van der Waals surface area contributed by atoms with Crippen molar-refractivity contribution in [3.63, 3.8) is 0 Å². The van der Waals surface area contributed by atoms with Crippen molar-refractivity contribution in [2.24, 2.45) is 0 Å². The van der Waals surface area contributed by atoms with Gasteiger partial charge in [-0.1, -0.05) is 23.2 Å². The van der Waals surface area contributed by atoms with E-state index in [9.17, 15) is 26.3 Å². The van der Waals surface area contributed by atoms with Crippen molar-refractivity contribution < 1.29 is 31.4 Å². The zero-order valence-corrected chi connectivity index (χ0v) is 12.2. The third-order valence-corrected chi connectivity index (χ3v) is 3.22. The Kier molecular flexibility index (Phi) is 4.53. The van der Waals surface area contributed by atoms with Crippen LogP contribution in [-0.4, -0.2) is 20.1 Å². The number of aliphatic hydroxyl groups excluding tert-OH is 1. The van der Waals surface area contributed by atoms with Crippen LogP contribution in [0.15, 0.2) is 12.1 Å². The Bertz CT molecular complexity index is 717. The van der Waals surface area contributed by atoms with Crippen LogP contribution >= 0.6 is 23.2 Å². The summed E-state index contributed by atoms with van der Waals surface area (Å²) in [5, 5.41) is 14.2. The Morgan fingerprint density at radius 2 is 1.48 bits per heavy atom. The SMILES string of the molecule is OCc1nn(-c2c(Cl)cc(C(F)(F)F)cc2Cl)nc1C(F)(F)F. The molecule has 0 spiro atoms. The predicted octanol–water partition coefficient (Wildman–Crippen LogP) is 4.10. The lowest BCUT2D eigenvalue weighted by Crippen LogP contribution is -2.10. The minimum atomic E-state index is -4.92. The van der Waals surface area contributed by atoms with Gasteiger partial charge in [0, 0.05) is 0 Å². The van der Waals surface area contributed by atoms with Crippen LogP contribution in [0.2, 0.25) is 10.0 Å². The summed E-state index contributed by atoms with van der Waals surface area (Å²) in [5.41, 5.74) is -3.95. The van der Waals surface area contributed by atoms with E-state index in [-0.39, 0.29) is 0 Å². The smallest absolute Gasteiger partial charge is 0.390 e. The van der Waals surface area contributed by atoms with Crippen LogP contribution < -0.4 is 0 Å². The number of rotatable bonds is 2. The third-order valence-electron chi connectivity index (χ3n) is 2.65. The van der Waals surface area contributed by atoms with Gasteiger partial charge in [0.15, 0.2) is 5.69 Å². The first-order valence-corrected chi connectivity index (χ1v) is 6.41. The van der Waals surface area contributed by atoms with E-state index in [1.807, 2.05) is 0 Å². The van der Waals surface area contributed by atoms with Crippen molar-refractivity contribution >= 4 is 23.2 Å². The summed E-state index contributed by atoms with van der Waals surface area (Å²) in [6.07, 6.45) is -9.65. The van der Waals surface area contributed by atoms with Crippen molar-refractivity contribution in [1.82, 2.24) is 15.0 Å². The zero-order chi connectivity index (χ0) is 17.6. The first kappa shape index (κ1) is 17.8. The molecule has 0 bridgehead atoms. The number of hydrogen-bond donors (Lipinski definition) is 1. The lowest BCUT2D eigenvalue weighted by atomic mass is 10.2. The van der Waals surface area contributed by atoms with Crippen LogP contribution in [0.1, 0.15) is 17.0 Å². The Balaban J connectivity index is 2.62. The van der Waals surface area contributed by atoms with Crippen LogP contribution in [0.5, 0.6) is 0 Å². The van der Waals surface area contributed by atoms with E-state index in [0.29, 0.717) is 16.9 Å². The molecular weight excluding hydrogens is 375 g/mol. The fourth-order valence-corrected chi connectivity index (χ4v) is 2.32. The summed E-state index contributed by atoms with van der Waals surface area (Å²) in [7, 11) is 0. The normalized spacial score (nSPS) is 12.7. The monoisotopic (exact) mass is 379 g/mol. The van der Waals surface area contributed by atoms with Gasteiger partial charge in [0.2, 0.25) is 0 Å². The number of nitrogens with zero attached hydrogens (tertiary/aromatic N) is 3. The van der Waals surface area contributed by atoms with Gasteiger partial charge in [0.1, 0.15) is 11.4 Å². The molecule has 0 aliphatic carbocycles. The van der Waals surface area contributed by atoms with Crippen molar-refractivity contribution in [2.75, 3.05) is 0 Å². The van der Waals surface area contributed by atoms with Gasteiger partial charge in [-0.2, -0.15) is 31.4 Å². The van der Waals surface area contributed by atoms with Gasteiger partial charge in [-0.05, 0) is 12.1 Å². The molecule has 0 atom stereocenters. The van der Waals surface area contributed by atoms with E-state index in [4.69, 9.17) is 28.3 Å². The van der Waals surface area contributed by atoms with Gasteiger partial charge in [0.25, 0.3) is 0 Å². The summed E-state index contributed by atoms with van der Waals surface area (Å²) in [6, 6.07) is 0.968. The first-order chi connectivity index (χ1) is 10.4. The molecule has 2 aromatic rings. The van der Waals surface area contributed by atoms with Gasteiger partial charge < -0.3 is 5.11 Å². The van der Waals surface area contributed by atoms with Crippen LogP contribution in [0.25, 0.3) is 5.69 Å². The van der Waals surface area contributed by atoms with Gasteiger partial charge in [-0.25, -0.2) is 0 Å². The maximum atomic E-state index is 12.7. The van der Waals surface area contributed by atoms with Gasteiger partial charge >= 0.3 is 12.4 Å². The van der Waals surface area contributed by atoms with Crippen LogP contribution in [0.4, 0.5) is 26.3 Å². The van der Waals surface area contributed by atoms with Crippen LogP contribution in [0.3, 0.4) is 0 Å². The van der Waals surface area contributed by atoms with E-state index in [1.165, 1.54) is 0 Å². The second kappa shape index (κ2) is 5.84. The van der Waals surface area contributed by atoms with Crippen molar-refractivity contribution in [1.29, 1.82) is 0 Å². The topological polar surface area (TPSA) is 50.9 Å². The second-order valence-electron chi connectivity index (χ2n) is 4.23. The van der Waals surface area contributed by atoms with E-state index in [2.05, 4.69) is 10.2 Å². The number of halogens is 8. The molecule has 4 nitrogen and oxygen atoms in total. The maximum Gasteiger partial charge on any atom is 0.437 e. The average molecular weight is 380 g/mol. The van der Waals surface area contributed by atoms with Gasteiger partial charge in [-0.3, -0.25) is 0 Å². The van der Waals surface area contributed by atoms with E-state index >= 15 is 0 Å². The Morgan fingerprint density at radius 3 is 1.83 bits per heavy atom. The highest BCUT2D eigenvalue weighted by molar-refractivity contribution is 6.37. The Hall–Kier alpha value is -1.52. The molecule has 23 heavy (non-hydrogen) atoms. The van der Waals surface area contributed by atoms with Crippen LogP contribution in [-0.2, 0) is 19.0 Å². The molecule has 0 radical (unpaired) electrons. The summed E-state index contributed by atoms with van der Waals surface area (Å²) in [4.78, 5) is 0.333. The zero-order valence-electron chi connectivity index (χ0n) is 10.7. The maximum absolute atomic E-state index is 12.7. The summed E-state index contributed by atoms with van der Waals surface area (Å²) >= 11 is 11.3. The number of hydrogen-bond acceptors (Lipinski definition) is 3. The third kappa shape index (κ3) is 3.54. The van der Waals surface area contributed by atoms with Crippen molar-refractivity contribution in [3.8, 4) is 5.69 Å². The molecule has 0 saturated carbocycles. The molecule has 126 valence electrons. The molecule has 0 unspecified atom stereocenters. The summed E-state index contributed by atoms with van der Waals surface area (Å²) in [6.45, 7) is -1.08. The summed E-state index contributed by atoms with van der Waals surface area (Å²) in [5.74, 6) is 0. The Morgan fingerprint density at radius 1 is 0.957 bits per heavy atom. The molecule has 1 heterocycles. The summed E-state index contributed by atoms with van der Waals surface area (Å²) < 4.78 is 76.1. The highest BCUT2D eigenvalue weighted by atomic mass is 35.5. The van der Waals surface area contributed by atoms with Gasteiger partial charge in [-0.15, -0.1) is 9.90 Å². The van der Waals surface area contributed by atoms with E-state index in [1.54, 1.807) is 0 Å². The molecule has 0 fully saturated rings. The molecule has 2 rings (SSSR count). The fraction of sp³-hybridized carbons (Fsp3) is 0.273. The molecule has 0 aliphatic rings. The minimum Gasteiger partial charge on any atom is -0.390 e. The second-order valence-corrected chi connectivity index (χ2v) is 5.04. The highest BCUT2D eigenvalue weighted by Gasteiger charge is 2.39. The average Bonchev–Trinajstić information content (AvgIpc) is 2.80. The first-order valence-electron chi connectivity index (χ1n) is 5.66. The lowest BCUT2D eigenvalue weighted by molar-refractivity contribution is -0.142. The molecule has 1 N–H and O–H groups in total. The molecule has 0 saturated heterocycles. The molecule has 0 aliphatic heterocycles. The standard InChI is InChI=1S/C11H5Cl2F6N3O/c12-5-1-4(10(14,15)16)2-6(13)8(5)22-20-7(3-23)9(21-22)11(17,18)19/h1-2,23H,3H2. The molecular formula is C11H5Cl2F6N3O. The quantitative estimate of drug-likeness (QED) is 0.799. The number of alkyl halides is 6. The number of benzene rings is 1. The molecule has 0 amide bonds. The number of aliphatic hydroxyl groups is 1. The van der Waals surface area contributed by atoms with Crippen LogP contribution in [0, 0.1) is 0 Å². The van der Waals surface area contributed by atoms with E-state index < -0.39 is 51.6 Å². The fourth-order valence-electron chi connectivity index (χ4n) is 1.68. The Labute approximate surface area is 134 Å². The molecule has 12 heteroatoms. The minimum absolute atomic E-state index is 0.333. The van der Waals surface area contributed by atoms with Crippen molar-refractivity contribution in [2.45, 2.75) is 19.0 Å². The number of aromatic nitrogens is 3. The van der Waals surface area contributed by atoms with Gasteiger partial charge in [0.05, 0.1) is 22.2 Å². The highest BCUT2D eigenvalue weighted by Crippen LogP contribution is 2.38. The van der Waals surface area contributed by atoms with E-state index in [0.717, 1.165) is 0 Å². The predicted molar refractivity (Wildman–Crippen MR) is 67.3 cm³/mol. The largest absolute Gasteiger partial charge is 0.437 e. The molecule has 1 aromatic heterocycles. The van der Waals surface area contributed by atoms with Crippen molar-refractivity contribution in [3.05, 3.63) is 39.1 Å². The lowest BCUT2D eigenvalue weighted by Gasteiger charge is -2.11. The molecule has 1 aromatic carbocycles.